The number of aromatic nitrogens is 3. The Labute approximate surface area is 139 Å². The van der Waals surface area contributed by atoms with Gasteiger partial charge in [0.25, 0.3) is 0 Å². The van der Waals surface area contributed by atoms with E-state index >= 15 is 0 Å². The maximum absolute atomic E-state index is 9.08. The lowest BCUT2D eigenvalue weighted by molar-refractivity contribution is 0.330. The lowest BCUT2D eigenvalue weighted by atomic mass is 9.95. The van der Waals surface area contributed by atoms with Crippen molar-refractivity contribution in [3.8, 4) is 6.07 Å². The molecular formula is C16H20N4S2. The summed E-state index contributed by atoms with van der Waals surface area (Å²) < 4.78 is 2.32. The van der Waals surface area contributed by atoms with Gasteiger partial charge in [0.05, 0.1) is 11.3 Å². The first-order valence-electron chi connectivity index (χ1n) is 7.80. The molecule has 2 aromatic heterocycles. The molecule has 0 unspecified atom stereocenters. The molecule has 0 aliphatic heterocycles. The molecular weight excluding hydrogens is 312 g/mol. The number of nitrogens with zero attached hydrogens (tertiary/aromatic N) is 4. The van der Waals surface area contributed by atoms with Crippen LogP contribution in [0.5, 0.6) is 0 Å². The van der Waals surface area contributed by atoms with E-state index in [1.165, 1.54) is 48.7 Å². The number of rotatable bonds is 5. The van der Waals surface area contributed by atoms with E-state index < -0.39 is 0 Å². The molecule has 0 spiro atoms. The first-order chi connectivity index (χ1) is 10.8. The Kier molecular flexibility index (Phi) is 5.16. The first-order valence-corrected chi connectivity index (χ1v) is 9.56. The third-order valence-electron chi connectivity index (χ3n) is 4.05. The number of hydrogen-bond acceptors (Lipinski definition) is 5. The number of hydrogen-bond donors (Lipinski definition) is 0. The maximum atomic E-state index is 9.08. The smallest absolute Gasteiger partial charge is 0.192 e. The maximum Gasteiger partial charge on any atom is 0.192 e. The van der Waals surface area contributed by atoms with Crippen molar-refractivity contribution < 1.29 is 0 Å². The monoisotopic (exact) mass is 332 g/mol. The van der Waals surface area contributed by atoms with Crippen LogP contribution in [0.15, 0.2) is 22.7 Å². The minimum absolute atomic E-state index is 0.0962. The van der Waals surface area contributed by atoms with E-state index in [0.717, 1.165) is 17.4 Å². The molecule has 116 valence electrons. The molecule has 1 saturated carbocycles. The van der Waals surface area contributed by atoms with Crippen LogP contribution in [0.25, 0.3) is 0 Å². The van der Waals surface area contributed by atoms with Crippen LogP contribution in [0.1, 0.15) is 55.8 Å². The highest BCUT2D eigenvalue weighted by molar-refractivity contribution is 8.00. The Morgan fingerprint density at radius 1 is 1.41 bits per heavy atom. The van der Waals surface area contributed by atoms with Gasteiger partial charge in [0.15, 0.2) is 5.16 Å². The molecule has 0 aromatic carbocycles. The summed E-state index contributed by atoms with van der Waals surface area (Å²) in [5.74, 6) is 1.04. The summed E-state index contributed by atoms with van der Waals surface area (Å²) in [6.07, 6.45) is 7.12. The summed E-state index contributed by atoms with van der Waals surface area (Å²) in [7, 11) is 0. The molecule has 22 heavy (non-hydrogen) atoms. The van der Waals surface area contributed by atoms with E-state index in [-0.39, 0.29) is 5.25 Å². The summed E-state index contributed by atoms with van der Waals surface area (Å²) in [6.45, 7) is 1.92. The predicted molar refractivity (Wildman–Crippen MR) is 90.2 cm³/mol. The van der Waals surface area contributed by atoms with E-state index in [2.05, 4.69) is 38.3 Å². The van der Waals surface area contributed by atoms with Gasteiger partial charge < -0.3 is 4.57 Å². The van der Waals surface area contributed by atoms with Gasteiger partial charge in [-0.05, 0) is 31.2 Å². The van der Waals surface area contributed by atoms with Crippen molar-refractivity contribution in [2.45, 2.75) is 61.9 Å². The molecule has 0 amide bonds. The minimum Gasteiger partial charge on any atom is -0.303 e. The highest BCUT2D eigenvalue weighted by atomic mass is 32.2. The quantitative estimate of drug-likeness (QED) is 0.760. The van der Waals surface area contributed by atoms with Gasteiger partial charge in [-0.2, -0.15) is 5.26 Å². The average molecular weight is 332 g/mol. The van der Waals surface area contributed by atoms with Crippen molar-refractivity contribution in [3.05, 3.63) is 28.2 Å². The zero-order valence-corrected chi connectivity index (χ0v) is 14.4. The van der Waals surface area contributed by atoms with Crippen molar-refractivity contribution in [2.75, 3.05) is 0 Å². The van der Waals surface area contributed by atoms with Crippen molar-refractivity contribution in [1.82, 2.24) is 14.8 Å². The highest BCUT2D eigenvalue weighted by Crippen LogP contribution is 2.34. The van der Waals surface area contributed by atoms with Crippen LogP contribution in [0.2, 0.25) is 0 Å². The Morgan fingerprint density at radius 3 is 2.91 bits per heavy atom. The topological polar surface area (TPSA) is 54.5 Å². The van der Waals surface area contributed by atoms with Crippen molar-refractivity contribution in [1.29, 1.82) is 5.26 Å². The van der Waals surface area contributed by atoms with Gasteiger partial charge >= 0.3 is 0 Å². The lowest BCUT2D eigenvalue weighted by Gasteiger charge is -2.25. The molecule has 0 N–H and O–H groups in total. The van der Waals surface area contributed by atoms with Crippen molar-refractivity contribution in [3.63, 3.8) is 0 Å². The average Bonchev–Trinajstić information content (AvgIpc) is 3.19. The minimum atomic E-state index is -0.0962. The number of thioether (sulfide) groups is 1. The third-order valence-corrected chi connectivity index (χ3v) is 5.88. The van der Waals surface area contributed by atoms with Crippen LogP contribution in [-0.4, -0.2) is 20.0 Å². The van der Waals surface area contributed by atoms with Gasteiger partial charge in [0.2, 0.25) is 0 Å². The SMILES string of the molecule is C[C@@H](C#N)Sc1nnc(Cc2cccs2)n1C1CCCCC1. The number of nitriles is 1. The normalized spacial score (nSPS) is 17.3. The van der Waals surface area contributed by atoms with Crippen LogP contribution in [0.4, 0.5) is 0 Å². The van der Waals surface area contributed by atoms with Gasteiger partial charge in [-0.1, -0.05) is 37.1 Å². The molecule has 3 rings (SSSR count). The summed E-state index contributed by atoms with van der Waals surface area (Å²) >= 11 is 3.29. The Morgan fingerprint density at radius 2 is 2.23 bits per heavy atom. The Bertz CT molecular complexity index is 636. The molecule has 1 aliphatic rings. The second-order valence-electron chi connectivity index (χ2n) is 5.71. The van der Waals surface area contributed by atoms with Gasteiger partial charge in [0, 0.05) is 17.3 Å². The standard InChI is InChI=1S/C16H20N4S2/c1-12(11-17)22-16-19-18-15(10-14-8-5-9-21-14)20(16)13-6-3-2-4-7-13/h5,8-9,12-13H,2-4,6-7,10H2,1H3/t12-/m0/s1. The lowest BCUT2D eigenvalue weighted by Crippen LogP contribution is -2.17. The molecule has 1 fully saturated rings. The van der Waals surface area contributed by atoms with Gasteiger partial charge in [-0.15, -0.1) is 21.5 Å². The summed E-state index contributed by atoms with van der Waals surface area (Å²) in [5, 5.41) is 20.8. The zero-order chi connectivity index (χ0) is 15.4. The van der Waals surface area contributed by atoms with Crippen LogP contribution in [-0.2, 0) is 6.42 Å². The Hall–Kier alpha value is -1.32. The molecule has 1 atom stereocenters. The fourth-order valence-corrected chi connectivity index (χ4v) is 4.49. The second-order valence-corrected chi connectivity index (χ2v) is 8.05. The fraction of sp³-hybridized carbons (Fsp3) is 0.562. The van der Waals surface area contributed by atoms with E-state index in [1.807, 2.05) is 6.92 Å². The van der Waals surface area contributed by atoms with Gasteiger partial charge in [-0.3, -0.25) is 0 Å². The Balaban J connectivity index is 1.89. The van der Waals surface area contributed by atoms with Crippen molar-refractivity contribution in [2.24, 2.45) is 0 Å². The van der Waals surface area contributed by atoms with Crippen LogP contribution < -0.4 is 0 Å². The van der Waals surface area contributed by atoms with Crippen LogP contribution in [0, 0.1) is 11.3 Å². The molecule has 0 radical (unpaired) electrons. The van der Waals surface area contributed by atoms with E-state index in [4.69, 9.17) is 5.26 Å². The molecule has 2 aromatic rings. The van der Waals surface area contributed by atoms with E-state index in [1.54, 1.807) is 11.3 Å². The van der Waals surface area contributed by atoms with E-state index in [9.17, 15) is 0 Å². The number of thiophene rings is 1. The van der Waals surface area contributed by atoms with Crippen LogP contribution in [0.3, 0.4) is 0 Å². The second kappa shape index (κ2) is 7.30. The fourth-order valence-electron chi connectivity index (χ4n) is 2.97. The molecule has 2 heterocycles. The molecule has 6 heteroatoms. The van der Waals surface area contributed by atoms with Crippen molar-refractivity contribution >= 4 is 23.1 Å². The van der Waals surface area contributed by atoms with Gasteiger partial charge in [0.1, 0.15) is 5.82 Å². The first kappa shape index (κ1) is 15.6. The summed E-state index contributed by atoms with van der Waals surface area (Å²) in [5.41, 5.74) is 0. The zero-order valence-electron chi connectivity index (χ0n) is 12.7. The predicted octanol–water partition coefficient (Wildman–Crippen LogP) is 4.44. The van der Waals surface area contributed by atoms with Gasteiger partial charge in [-0.25, -0.2) is 0 Å². The highest BCUT2D eigenvalue weighted by Gasteiger charge is 2.24. The molecule has 0 bridgehead atoms. The molecule has 0 saturated heterocycles. The largest absolute Gasteiger partial charge is 0.303 e. The third kappa shape index (κ3) is 3.53. The summed E-state index contributed by atoms with van der Waals surface area (Å²) in [4.78, 5) is 1.31. The molecule has 4 nitrogen and oxygen atoms in total. The summed E-state index contributed by atoms with van der Waals surface area (Å²) in [6, 6.07) is 7.00. The molecule has 1 aliphatic carbocycles. The van der Waals surface area contributed by atoms with E-state index in [0.29, 0.717) is 6.04 Å². The van der Waals surface area contributed by atoms with Crippen LogP contribution >= 0.6 is 23.1 Å².